The fourth-order valence-corrected chi connectivity index (χ4v) is 3.47. The molecule has 1 saturated heterocycles. The van der Waals surface area contributed by atoms with Crippen molar-refractivity contribution in [2.45, 2.75) is 31.7 Å². The van der Waals surface area contributed by atoms with Gasteiger partial charge in [0.15, 0.2) is 5.65 Å². The monoisotopic (exact) mass is 408 g/mol. The predicted octanol–water partition coefficient (Wildman–Crippen LogP) is 3.45. The van der Waals surface area contributed by atoms with Gasteiger partial charge in [-0.2, -0.15) is 5.10 Å². The summed E-state index contributed by atoms with van der Waals surface area (Å²) in [5.41, 5.74) is 2.91. The van der Waals surface area contributed by atoms with E-state index in [1.807, 2.05) is 11.8 Å². The summed E-state index contributed by atoms with van der Waals surface area (Å²) < 4.78 is 29.5. The van der Waals surface area contributed by atoms with Gasteiger partial charge >= 0.3 is 0 Å². The number of halogens is 3. The first kappa shape index (κ1) is 20.4. The Bertz CT molecular complexity index is 914. The van der Waals surface area contributed by atoms with Crippen LogP contribution in [0.2, 0.25) is 0 Å². The van der Waals surface area contributed by atoms with Crippen molar-refractivity contribution in [3.8, 4) is 0 Å². The van der Waals surface area contributed by atoms with Crippen LogP contribution in [0.3, 0.4) is 0 Å². The molecule has 1 aliphatic heterocycles. The number of aryl methyl sites for hydroxylation is 1. The lowest BCUT2D eigenvalue weighted by molar-refractivity contribution is -0.0734. The largest absolute Gasteiger partial charge is 0.360 e. The molecule has 4 rings (SSSR count). The van der Waals surface area contributed by atoms with Crippen LogP contribution in [0, 0.1) is 6.92 Å². The van der Waals surface area contributed by atoms with E-state index >= 15 is 0 Å². The van der Waals surface area contributed by atoms with Gasteiger partial charge < -0.3 is 5.32 Å². The molecular weight excluding hydrogens is 386 g/mol. The number of H-pyrrole nitrogens is 1. The van der Waals surface area contributed by atoms with Gasteiger partial charge in [-0.3, -0.25) is 10.00 Å². The van der Waals surface area contributed by atoms with Crippen molar-refractivity contribution in [3.05, 3.63) is 47.9 Å². The number of aromatic amines is 1. The van der Waals surface area contributed by atoms with Crippen LogP contribution < -0.4 is 5.32 Å². The molecule has 0 aliphatic carbocycles. The lowest BCUT2D eigenvalue weighted by atomic mass is 9.99. The number of nitrogens with one attached hydrogen (secondary N) is 2. The molecule has 0 spiro atoms. The number of alkyl halides is 2. The van der Waals surface area contributed by atoms with Gasteiger partial charge in [-0.1, -0.05) is 29.8 Å². The summed E-state index contributed by atoms with van der Waals surface area (Å²) in [6, 6.07) is 7.28. The zero-order valence-electron chi connectivity index (χ0n) is 15.5. The van der Waals surface area contributed by atoms with Crippen LogP contribution in [0.4, 0.5) is 14.6 Å². The molecule has 9 heteroatoms. The average molecular weight is 409 g/mol. The van der Waals surface area contributed by atoms with Crippen LogP contribution in [-0.4, -0.2) is 56.7 Å². The molecule has 6 nitrogen and oxygen atoms in total. The molecule has 3 aromatic rings. The van der Waals surface area contributed by atoms with Crippen molar-refractivity contribution in [1.82, 2.24) is 25.1 Å². The summed E-state index contributed by atoms with van der Waals surface area (Å²) in [6.45, 7) is 3.04. The van der Waals surface area contributed by atoms with Gasteiger partial charge in [0.2, 0.25) is 0 Å². The molecule has 0 saturated carbocycles. The number of benzene rings is 1. The third-order valence-corrected chi connectivity index (χ3v) is 5.07. The van der Waals surface area contributed by atoms with E-state index in [9.17, 15) is 8.78 Å². The number of aromatic nitrogens is 4. The van der Waals surface area contributed by atoms with Gasteiger partial charge in [-0.05, 0) is 25.3 Å². The molecule has 2 N–H and O–H groups in total. The van der Waals surface area contributed by atoms with E-state index in [4.69, 9.17) is 0 Å². The number of rotatable bonds is 5. The van der Waals surface area contributed by atoms with Gasteiger partial charge in [0.1, 0.15) is 12.1 Å². The van der Waals surface area contributed by atoms with Crippen LogP contribution in [0.25, 0.3) is 11.0 Å². The lowest BCUT2D eigenvalue weighted by Crippen LogP contribution is -2.54. The van der Waals surface area contributed by atoms with Crippen LogP contribution in [-0.2, 0) is 6.42 Å². The van der Waals surface area contributed by atoms with Gasteiger partial charge in [0, 0.05) is 13.1 Å². The molecule has 1 aliphatic rings. The third-order valence-electron chi connectivity index (χ3n) is 5.07. The van der Waals surface area contributed by atoms with E-state index in [0.29, 0.717) is 36.4 Å². The second-order valence-corrected chi connectivity index (χ2v) is 7.11. The number of nitrogens with zero attached hydrogens (tertiary/aromatic N) is 4. The topological polar surface area (TPSA) is 69.7 Å². The highest BCUT2D eigenvalue weighted by atomic mass is 35.5. The zero-order chi connectivity index (χ0) is 18.9. The lowest BCUT2D eigenvalue weighted by Gasteiger charge is -2.38. The normalized spacial score (nSPS) is 19.3. The number of hydrogen-bond acceptors (Lipinski definition) is 5. The summed E-state index contributed by atoms with van der Waals surface area (Å²) in [7, 11) is 0. The fourth-order valence-electron chi connectivity index (χ4n) is 3.47. The summed E-state index contributed by atoms with van der Waals surface area (Å²) in [4.78, 5) is 9.99. The second kappa shape index (κ2) is 8.36. The first-order chi connectivity index (χ1) is 13.0. The van der Waals surface area contributed by atoms with Gasteiger partial charge in [0.05, 0.1) is 24.2 Å². The quantitative estimate of drug-likeness (QED) is 0.676. The highest BCUT2D eigenvalue weighted by Gasteiger charge is 2.44. The van der Waals surface area contributed by atoms with E-state index in [2.05, 4.69) is 49.7 Å². The maximum Gasteiger partial charge on any atom is 0.280 e. The maximum atomic E-state index is 14.7. The Hall–Kier alpha value is -2.32. The molecule has 0 bridgehead atoms. The summed E-state index contributed by atoms with van der Waals surface area (Å²) in [5, 5.41) is 10.2. The molecule has 1 fully saturated rings. The summed E-state index contributed by atoms with van der Waals surface area (Å²) >= 11 is 0. The first-order valence-electron chi connectivity index (χ1n) is 9.07. The Morgan fingerprint density at radius 2 is 2.04 bits per heavy atom. The van der Waals surface area contributed by atoms with E-state index in [0.717, 1.165) is 6.42 Å². The number of piperidine rings is 1. The average Bonchev–Trinajstić information content (AvgIpc) is 3.13. The van der Waals surface area contributed by atoms with Gasteiger partial charge in [-0.25, -0.2) is 18.7 Å². The Labute approximate surface area is 168 Å². The fraction of sp³-hybridized carbons (Fsp3) is 0.421. The highest BCUT2D eigenvalue weighted by Crippen LogP contribution is 2.31. The van der Waals surface area contributed by atoms with Crippen LogP contribution in [0.1, 0.15) is 17.5 Å². The Balaban J connectivity index is 0.00000225. The van der Waals surface area contributed by atoms with Crippen molar-refractivity contribution in [3.63, 3.8) is 0 Å². The number of anilines is 1. The molecule has 1 atom stereocenters. The van der Waals surface area contributed by atoms with Crippen molar-refractivity contribution >= 4 is 29.3 Å². The van der Waals surface area contributed by atoms with E-state index in [1.54, 1.807) is 6.20 Å². The van der Waals surface area contributed by atoms with Crippen molar-refractivity contribution in [2.24, 2.45) is 0 Å². The van der Waals surface area contributed by atoms with Crippen molar-refractivity contribution < 1.29 is 8.78 Å². The number of fused-ring (bicyclic) bond motifs is 1. The van der Waals surface area contributed by atoms with Crippen LogP contribution >= 0.6 is 12.4 Å². The SMILES string of the molecule is Cc1ccc(CCN2CCC(Nc3ncnc4[nH]ncc34)C(F)(F)C2)cc1.Cl. The van der Waals surface area contributed by atoms with Crippen molar-refractivity contribution in [2.75, 3.05) is 25.0 Å². The third kappa shape index (κ3) is 4.39. The minimum absolute atomic E-state index is 0. The maximum absolute atomic E-state index is 14.7. The molecule has 2 aromatic heterocycles. The minimum Gasteiger partial charge on any atom is -0.360 e. The molecule has 28 heavy (non-hydrogen) atoms. The van der Waals surface area contributed by atoms with Crippen molar-refractivity contribution in [1.29, 1.82) is 0 Å². The molecule has 0 radical (unpaired) electrons. The Morgan fingerprint density at radius 1 is 1.25 bits per heavy atom. The molecule has 150 valence electrons. The summed E-state index contributed by atoms with van der Waals surface area (Å²) in [5.74, 6) is -2.45. The van der Waals surface area contributed by atoms with E-state index < -0.39 is 12.0 Å². The van der Waals surface area contributed by atoms with E-state index in [-0.39, 0.29) is 19.0 Å². The van der Waals surface area contributed by atoms with Crippen LogP contribution in [0.5, 0.6) is 0 Å². The molecular formula is C19H23ClF2N6. The highest BCUT2D eigenvalue weighted by molar-refractivity contribution is 5.86. The second-order valence-electron chi connectivity index (χ2n) is 7.11. The van der Waals surface area contributed by atoms with Crippen LogP contribution in [0.15, 0.2) is 36.8 Å². The van der Waals surface area contributed by atoms with Gasteiger partial charge in [0.25, 0.3) is 5.92 Å². The molecule has 1 unspecified atom stereocenters. The first-order valence-corrected chi connectivity index (χ1v) is 9.07. The smallest absolute Gasteiger partial charge is 0.280 e. The number of likely N-dealkylation sites (tertiary alicyclic amines) is 1. The molecule has 1 aromatic carbocycles. The predicted molar refractivity (Wildman–Crippen MR) is 107 cm³/mol. The van der Waals surface area contributed by atoms with Gasteiger partial charge in [-0.15, -0.1) is 12.4 Å². The number of hydrogen-bond donors (Lipinski definition) is 2. The molecule has 0 amide bonds. The minimum atomic E-state index is -2.84. The Kier molecular flexibility index (Phi) is 6.10. The Morgan fingerprint density at radius 3 is 2.79 bits per heavy atom. The standard InChI is InChI=1S/C19H22F2N6.ClH/c1-13-2-4-14(5-3-13)6-8-27-9-7-16(19(20,21)11-27)25-17-15-10-24-26-18(15)23-12-22-17;/h2-5,10,12,16H,6-9,11H2,1H3,(H2,22,23,24,25,26);1H. The summed E-state index contributed by atoms with van der Waals surface area (Å²) in [6.07, 6.45) is 4.02. The zero-order valence-corrected chi connectivity index (χ0v) is 16.3. The van der Waals surface area contributed by atoms with E-state index in [1.165, 1.54) is 17.5 Å². The molecule has 3 heterocycles.